The van der Waals surface area contributed by atoms with E-state index in [2.05, 4.69) is 6.92 Å². The van der Waals surface area contributed by atoms with Gasteiger partial charge in [-0.1, -0.05) is 13.3 Å². The van der Waals surface area contributed by atoms with Crippen molar-refractivity contribution in [3.05, 3.63) is 0 Å². The maximum Gasteiger partial charge on any atom is 0.306 e. The van der Waals surface area contributed by atoms with E-state index in [1.165, 1.54) is 6.92 Å². The fourth-order valence-corrected chi connectivity index (χ4v) is 2.36. The van der Waals surface area contributed by atoms with E-state index in [0.717, 1.165) is 19.3 Å². The van der Waals surface area contributed by atoms with Gasteiger partial charge in [-0.25, -0.2) is 0 Å². The van der Waals surface area contributed by atoms with Gasteiger partial charge >= 0.3 is 5.97 Å². The minimum Gasteiger partial charge on any atom is -0.481 e. The van der Waals surface area contributed by atoms with Gasteiger partial charge in [0.1, 0.15) is 5.78 Å². The zero-order valence-corrected chi connectivity index (χ0v) is 8.82. The number of carboxylic acid groups (broad SMARTS) is 1. The van der Waals surface area contributed by atoms with Gasteiger partial charge in [0.15, 0.2) is 0 Å². The number of rotatable bonds is 3. The third-order valence-electron chi connectivity index (χ3n) is 3.12. The van der Waals surface area contributed by atoms with Crippen molar-refractivity contribution in [2.45, 2.75) is 39.5 Å². The highest BCUT2D eigenvalue weighted by atomic mass is 16.4. The zero-order chi connectivity index (χ0) is 10.7. The Bertz CT molecular complexity index is 235. The van der Waals surface area contributed by atoms with Crippen molar-refractivity contribution in [1.82, 2.24) is 0 Å². The van der Waals surface area contributed by atoms with E-state index in [1.54, 1.807) is 0 Å². The lowest BCUT2D eigenvalue weighted by atomic mass is 9.73. The topological polar surface area (TPSA) is 54.4 Å². The van der Waals surface area contributed by atoms with Gasteiger partial charge in [-0.05, 0) is 31.6 Å². The molecule has 0 bridgehead atoms. The summed E-state index contributed by atoms with van der Waals surface area (Å²) in [6, 6.07) is 0. The Morgan fingerprint density at radius 2 is 2.00 bits per heavy atom. The van der Waals surface area contributed by atoms with E-state index < -0.39 is 5.97 Å². The molecule has 0 aliphatic heterocycles. The predicted molar refractivity (Wildman–Crippen MR) is 52.9 cm³/mol. The number of carbonyl (C=O) groups excluding carboxylic acids is 1. The number of carboxylic acids is 1. The Labute approximate surface area is 84.5 Å². The predicted octanol–water partition coefficient (Wildman–Crippen LogP) is 2.10. The Morgan fingerprint density at radius 3 is 2.50 bits per heavy atom. The summed E-state index contributed by atoms with van der Waals surface area (Å²) in [5.41, 5.74) is 0. The van der Waals surface area contributed by atoms with Crippen LogP contribution in [-0.2, 0) is 9.59 Å². The highest BCUT2D eigenvalue weighted by Crippen LogP contribution is 2.35. The molecule has 1 saturated carbocycles. The van der Waals surface area contributed by atoms with Crippen LogP contribution in [0.1, 0.15) is 39.5 Å². The molecule has 0 aromatic rings. The molecule has 0 heterocycles. The molecule has 1 N–H and O–H groups in total. The van der Waals surface area contributed by atoms with Crippen LogP contribution in [0.25, 0.3) is 0 Å². The molecular weight excluding hydrogens is 180 g/mol. The van der Waals surface area contributed by atoms with Crippen molar-refractivity contribution >= 4 is 11.8 Å². The van der Waals surface area contributed by atoms with Gasteiger partial charge in [-0.2, -0.15) is 0 Å². The molecule has 0 aromatic carbocycles. The molecule has 0 amide bonds. The first kappa shape index (κ1) is 11.2. The van der Waals surface area contributed by atoms with Gasteiger partial charge in [0.05, 0.1) is 5.92 Å². The maximum absolute atomic E-state index is 11.0. The summed E-state index contributed by atoms with van der Waals surface area (Å²) in [4.78, 5) is 21.9. The number of Topliss-reactive ketones (excluding diaryl/α,β-unsaturated/α-hetero) is 1. The molecule has 0 saturated heterocycles. The first-order valence-corrected chi connectivity index (χ1v) is 5.23. The van der Waals surface area contributed by atoms with Gasteiger partial charge in [0, 0.05) is 6.42 Å². The average molecular weight is 198 g/mol. The first-order valence-electron chi connectivity index (χ1n) is 5.23. The van der Waals surface area contributed by atoms with Crippen LogP contribution in [0.2, 0.25) is 0 Å². The summed E-state index contributed by atoms with van der Waals surface area (Å²) in [5.74, 6) is -0.373. The molecule has 1 fully saturated rings. The van der Waals surface area contributed by atoms with Crippen LogP contribution in [-0.4, -0.2) is 16.9 Å². The second-order valence-electron chi connectivity index (χ2n) is 4.53. The number of ketones is 1. The van der Waals surface area contributed by atoms with Crippen LogP contribution in [0, 0.1) is 17.8 Å². The minimum atomic E-state index is -0.734. The summed E-state index contributed by atoms with van der Waals surface area (Å²) in [6.45, 7) is 3.62. The monoisotopic (exact) mass is 198 g/mol. The van der Waals surface area contributed by atoms with Crippen LogP contribution in [0.15, 0.2) is 0 Å². The third kappa shape index (κ3) is 2.82. The molecule has 14 heavy (non-hydrogen) atoms. The summed E-state index contributed by atoms with van der Waals surface area (Å²) in [7, 11) is 0. The molecule has 3 nitrogen and oxygen atoms in total. The molecule has 3 atom stereocenters. The molecule has 1 aliphatic rings. The van der Waals surface area contributed by atoms with E-state index in [1.807, 2.05) is 0 Å². The zero-order valence-electron chi connectivity index (χ0n) is 8.82. The van der Waals surface area contributed by atoms with E-state index in [4.69, 9.17) is 5.11 Å². The van der Waals surface area contributed by atoms with E-state index in [9.17, 15) is 9.59 Å². The summed E-state index contributed by atoms with van der Waals surface area (Å²) >= 11 is 0. The molecule has 3 heteroatoms. The first-order chi connectivity index (χ1) is 6.50. The van der Waals surface area contributed by atoms with Gasteiger partial charge in [-0.3, -0.25) is 4.79 Å². The number of carbonyl (C=O) groups is 2. The van der Waals surface area contributed by atoms with Crippen molar-refractivity contribution < 1.29 is 14.7 Å². The summed E-state index contributed by atoms with van der Waals surface area (Å²) in [6.07, 6.45) is 3.11. The second-order valence-corrected chi connectivity index (χ2v) is 4.53. The molecule has 0 aromatic heterocycles. The number of aliphatic carboxylic acids is 1. The van der Waals surface area contributed by atoms with E-state index >= 15 is 0 Å². The van der Waals surface area contributed by atoms with Crippen molar-refractivity contribution in [3.63, 3.8) is 0 Å². The van der Waals surface area contributed by atoms with Crippen molar-refractivity contribution in [2.24, 2.45) is 17.8 Å². The lowest BCUT2D eigenvalue weighted by Crippen LogP contribution is -2.31. The number of hydrogen-bond acceptors (Lipinski definition) is 2. The van der Waals surface area contributed by atoms with Crippen molar-refractivity contribution in [1.29, 1.82) is 0 Å². The largest absolute Gasteiger partial charge is 0.481 e. The third-order valence-corrected chi connectivity index (χ3v) is 3.12. The van der Waals surface area contributed by atoms with Crippen LogP contribution in [0.3, 0.4) is 0 Å². The highest BCUT2D eigenvalue weighted by molar-refractivity contribution is 5.77. The molecule has 1 aliphatic carbocycles. The summed E-state index contributed by atoms with van der Waals surface area (Å²) < 4.78 is 0. The molecule has 0 radical (unpaired) electrons. The Kier molecular flexibility index (Phi) is 3.67. The second kappa shape index (κ2) is 4.58. The fraction of sp³-hybridized carbons (Fsp3) is 0.818. The lowest BCUT2D eigenvalue weighted by molar-refractivity contribution is -0.146. The fourth-order valence-electron chi connectivity index (χ4n) is 2.36. The number of hydrogen-bond donors (Lipinski definition) is 1. The quantitative estimate of drug-likeness (QED) is 0.755. The average Bonchev–Trinajstić information content (AvgIpc) is 2.07. The Balaban J connectivity index is 2.62. The van der Waals surface area contributed by atoms with Gasteiger partial charge in [0.25, 0.3) is 0 Å². The van der Waals surface area contributed by atoms with E-state index in [0.29, 0.717) is 12.3 Å². The van der Waals surface area contributed by atoms with Crippen molar-refractivity contribution in [2.75, 3.05) is 0 Å². The minimum absolute atomic E-state index is 0.0706. The molecule has 0 spiro atoms. The van der Waals surface area contributed by atoms with E-state index in [-0.39, 0.29) is 17.6 Å². The molecule has 1 rings (SSSR count). The SMILES string of the molecule is CC(=O)CC1CCC(C)CC1C(=O)O. The molecule has 80 valence electrons. The van der Waals surface area contributed by atoms with Gasteiger partial charge in [-0.15, -0.1) is 0 Å². The van der Waals surface area contributed by atoms with Gasteiger partial charge in [0.2, 0.25) is 0 Å². The smallest absolute Gasteiger partial charge is 0.306 e. The maximum atomic E-state index is 11.0. The van der Waals surface area contributed by atoms with Gasteiger partial charge < -0.3 is 9.90 Å². The van der Waals surface area contributed by atoms with Crippen LogP contribution in [0.4, 0.5) is 0 Å². The molecule has 3 unspecified atom stereocenters. The molecular formula is C11H18O3. The Hall–Kier alpha value is -0.860. The van der Waals surface area contributed by atoms with Crippen LogP contribution < -0.4 is 0 Å². The van der Waals surface area contributed by atoms with Crippen LogP contribution in [0.5, 0.6) is 0 Å². The Morgan fingerprint density at radius 1 is 1.36 bits per heavy atom. The lowest BCUT2D eigenvalue weighted by Gasteiger charge is -2.31. The normalized spacial score (nSPS) is 32.6. The summed E-state index contributed by atoms with van der Waals surface area (Å²) in [5, 5.41) is 9.03. The highest BCUT2D eigenvalue weighted by Gasteiger charge is 2.34. The van der Waals surface area contributed by atoms with Crippen LogP contribution >= 0.6 is 0 Å². The van der Waals surface area contributed by atoms with Crippen molar-refractivity contribution in [3.8, 4) is 0 Å². The standard InChI is InChI=1S/C11H18O3/c1-7-3-4-9(6-8(2)12)10(5-7)11(13)14/h7,9-10H,3-6H2,1-2H3,(H,13,14).